The van der Waals surface area contributed by atoms with E-state index >= 15 is 0 Å². The van der Waals surface area contributed by atoms with Gasteiger partial charge in [-0.05, 0) is 51.7 Å². The second kappa shape index (κ2) is 6.87. The summed E-state index contributed by atoms with van der Waals surface area (Å²) < 4.78 is 2.25. The van der Waals surface area contributed by atoms with Gasteiger partial charge in [0, 0.05) is 17.5 Å². The van der Waals surface area contributed by atoms with Crippen LogP contribution >= 0.6 is 11.8 Å². The summed E-state index contributed by atoms with van der Waals surface area (Å²) in [6.45, 7) is 3.36. The minimum atomic E-state index is -0.330. The van der Waals surface area contributed by atoms with E-state index in [1.807, 2.05) is 13.0 Å². The number of hydrogen-bond acceptors (Lipinski definition) is 5. The van der Waals surface area contributed by atoms with Crippen molar-refractivity contribution < 1.29 is 9.59 Å². The van der Waals surface area contributed by atoms with Gasteiger partial charge in [-0.2, -0.15) is 0 Å². The van der Waals surface area contributed by atoms with E-state index in [0.29, 0.717) is 23.2 Å². The molecule has 4 rings (SSSR count). The van der Waals surface area contributed by atoms with Gasteiger partial charge in [-0.25, -0.2) is 0 Å². The maximum atomic E-state index is 12.6. The van der Waals surface area contributed by atoms with E-state index in [1.54, 1.807) is 18.2 Å². The number of benzene rings is 1. The Morgan fingerprint density at radius 1 is 1.19 bits per heavy atom. The minimum Gasteiger partial charge on any atom is -0.324 e. The Hall–Kier alpha value is -2.15. The first kappa shape index (κ1) is 17.3. The van der Waals surface area contributed by atoms with Crippen molar-refractivity contribution in [2.45, 2.75) is 61.9 Å². The predicted octanol–water partition coefficient (Wildman–Crippen LogP) is 3.81. The number of amides is 1. The number of ketones is 1. The van der Waals surface area contributed by atoms with Gasteiger partial charge in [0.15, 0.2) is 10.9 Å². The highest BCUT2D eigenvalue weighted by atomic mass is 32.2. The summed E-state index contributed by atoms with van der Waals surface area (Å²) >= 11 is 1.44. The van der Waals surface area contributed by atoms with Crippen LogP contribution in [0.1, 0.15) is 67.7 Å². The van der Waals surface area contributed by atoms with E-state index < -0.39 is 0 Å². The van der Waals surface area contributed by atoms with Crippen molar-refractivity contribution in [1.29, 1.82) is 0 Å². The van der Waals surface area contributed by atoms with Gasteiger partial charge in [0.2, 0.25) is 5.91 Å². The molecule has 6 nitrogen and oxygen atoms in total. The third-order valence-electron chi connectivity index (χ3n) is 4.76. The van der Waals surface area contributed by atoms with Gasteiger partial charge in [-0.15, -0.1) is 10.2 Å². The van der Waals surface area contributed by atoms with Gasteiger partial charge in [0.1, 0.15) is 5.82 Å². The Bertz CT molecular complexity index is 855. The number of nitrogens with one attached hydrogen (secondary N) is 1. The van der Waals surface area contributed by atoms with Gasteiger partial charge in [-0.1, -0.05) is 23.9 Å². The third kappa shape index (κ3) is 3.53. The molecule has 0 saturated heterocycles. The highest BCUT2D eigenvalue weighted by Gasteiger charge is 2.37. The molecule has 0 bridgehead atoms. The van der Waals surface area contributed by atoms with E-state index in [-0.39, 0.29) is 16.9 Å². The lowest BCUT2D eigenvalue weighted by Gasteiger charge is -2.14. The van der Waals surface area contributed by atoms with Crippen LogP contribution in [0.3, 0.4) is 0 Å². The Labute approximate surface area is 156 Å². The summed E-state index contributed by atoms with van der Waals surface area (Å²) in [5.41, 5.74) is 1.08. The molecule has 0 radical (unpaired) electrons. The van der Waals surface area contributed by atoms with Crippen molar-refractivity contribution in [3.63, 3.8) is 0 Å². The number of rotatable bonds is 7. The molecular weight excluding hydrogens is 348 g/mol. The number of para-hydroxylation sites is 1. The molecular formula is C19H22N4O2S. The fourth-order valence-electron chi connectivity index (χ4n) is 3.01. The molecule has 0 unspecified atom stereocenters. The van der Waals surface area contributed by atoms with Gasteiger partial charge in [0.25, 0.3) is 0 Å². The normalized spacial score (nSPS) is 17.8. The van der Waals surface area contributed by atoms with Crippen LogP contribution in [0.5, 0.6) is 0 Å². The van der Waals surface area contributed by atoms with Crippen LogP contribution in [0.25, 0.3) is 0 Å². The summed E-state index contributed by atoms with van der Waals surface area (Å²) in [5, 5.41) is 12.1. The zero-order chi connectivity index (χ0) is 18.3. The Morgan fingerprint density at radius 3 is 2.58 bits per heavy atom. The summed E-state index contributed by atoms with van der Waals surface area (Å²) in [5.74, 6) is 1.43. The third-order valence-corrected chi connectivity index (χ3v) is 5.82. The summed E-state index contributed by atoms with van der Waals surface area (Å²) in [4.78, 5) is 24.4. The number of anilines is 1. The van der Waals surface area contributed by atoms with E-state index in [2.05, 4.69) is 20.1 Å². The average Bonchev–Trinajstić information content (AvgIpc) is 3.54. The molecule has 0 aliphatic heterocycles. The summed E-state index contributed by atoms with van der Waals surface area (Å²) in [6.07, 6.45) is 4.70. The fourth-order valence-corrected chi connectivity index (χ4v) is 3.94. The van der Waals surface area contributed by atoms with Crippen LogP contribution < -0.4 is 5.32 Å². The summed E-state index contributed by atoms with van der Waals surface area (Å²) in [6, 6.07) is 7.58. The Balaban J connectivity index is 1.48. The lowest BCUT2D eigenvalue weighted by atomic mass is 10.1. The van der Waals surface area contributed by atoms with Crippen LogP contribution in [-0.4, -0.2) is 31.7 Å². The van der Waals surface area contributed by atoms with Crippen LogP contribution in [0.4, 0.5) is 5.69 Å². The van der Waals surface area contributed by atoms with E-state index in [4.69, 9.17) is 0 Å². The quantitative estimate of drug-likeness (QED) is 0.592. The molecule has 2 aromatic rings. The molecule has 1 amide bonds. The zero-order valence-corrected chi connectivity index (χ0v) is 15.8. The lowest BCUT2D eigenvalue weighted by molar-refractivity contribution is -0.115. The molecule has 7 heteroatoms. The van der Waals surface area contributed by atoms with Crippen LogP contribution in [0.2, 0.25) is 0 Å². The first-order chi connectivity index (χ1) is 12.5. The van der Waals surface area contributed by atoms with Crippen LogP contribution in [0, 0.1) is 0 Å². The molecule has 2 aliphatic rings. The number of nitrogens with zero attached hydrogens (tertiary/aromatic N) is 3. The van der Waals surface area contributed by atoms with Gasteiger partial charge < -0.3 is 9.88 Å². The Morgan fingerprint density at radius 2 is 1.92 bits per heavy atom. The van der Waals surface area contributed by atoms with Crippen LogP contribution in [-0.2, 0) is 4.79 Å². The van der Waals surface area contributed by atoms with Crippen LogP contribution in [0.15, 0.2) is 29.4 Å². The highest BCUT2D eigenvalue weighted by Crippen LogP contribution is 2.46. The molecule has 2 aliphatic carbocycles. The first-order valence-electron chi connectivity index (χ1n) is 9.07. The van der Waals surface area contributed by atoms with Crippen molar-refractivity contribution in [2.75, 3.05) is 5.32 Å². The number of carbonyl (C=O) groups excluding carboxylic acids is 2. The molecule has 1 heterocycles. The number of thioether (sulfide) groups is 1. The van der Waals surface area contributed by atoms with E-state index in [0.717, 1.165) is 23.8 Å². The molecule has 0 spiro atoms. The van der Waals surface area contributed by atoms with Gasteiger partial charge in [0.05, 0.1) is 10.9 Å². The highest BCUT2D eigenvalue weighted by molar-refractivity contribution is 8.00. The average molecular weight is 370 g/mol. The molecule has 1 aromatic carbocycles. The second-order valence-corrected chi connectivity index (χ2v) is 8.38. The molecule has 1 atom stereocenters. The fraction of sp³-hybridized carbons (Fsp3) is 0.474. The van der Waals surface area contributed by atoms with Gasteiger partial charge >= 0.3 is 0 Å². The standard InChI is InChI=1S/C19H22N4O2S/c1-11(24)15-5-3-4-6-16(15)20-18(25)12(2)26-19-22-21-17(13-7-8-13)23(19)14-9-10-14/h3-6,12-14H,7-10H2,1-2H3,(H,20,25)/t12-/m1/s1. The predicted molar refractivity (Wildman–Crippen MR) is 101 cm³/mol. The number of hydrogen-bond donors (Lipinski definition) is 1. The monoisotopic (exact) mass is 370 g/mol. The first-order valence-corrected chi connectivity index (χ1v) is 9.95. The number of Topliss-reactive ketones (excluding diaryl/α,β-unsaturated/α-hetero) is 1. The Kier molecular flexibility index (Phi) is 4.56. The molecule has 2 fully saturated rings. The lowest BCUT2D eigenvalue weighted by Crippen LogP contribution is -2.24. The van der Waals surface area contributed by atoms with Crippen molar-refractivity contribution in [3.8, 4) is 0 Å². The van der Waals surface area contributed by atoms with Gasteiger partial charge in [-0.3, -0.25) is 9.59 Å². The van der Waals surface area contributed by atoms with Crippen molar-refractivity contribution in [3.05, 3.63) is 35.7 Å². The van der Waals surface area contributed by atoms with E-state index in [9.17, 15) is 9.59 Å². The maximum Gasteiger partial charge on any atom is 0.237 e. The zero-order valence-electron chi connectivity index (χ0n) is 14.9. The molecule has 2 saturated carbocycles. The molecule has 1 aromatic heterocycles. The van der Waals surface area contributed by atoms with Crippen molar-refractivity contribution >= 4 is 29.1 Å². The van der Waals surface area contributed by atoms with E-state index in [1.165, 1.54) is 31.5 Å². The molecule has 26 heavy (non-hydrogen) atoms. The smallest absolute Gasteiger partial charge is 0.237 e. The van der Waals surface area contributed by atoms with Crippen molar-refractivity contribution in [1.82, 2.24) is 14.8 Å². The minimum absolute atomic E-state index is 0.0660. The maximum absolute atomic E-state index is 12.6. The summed E-state index contributed by atoms with van der Waals surface area (Å²) in [7, 11) is 0. The largest absolute Gasteiger partial charge is 0.324 e. The number of carbonyl (C=O) groups is 2. The molecule has 1 N–H and O–H groups in total. The van der Waals surface area contributed by atoms with Crippen molar-refractivity contribution in [2.24, 2.45) is 0 Å². The second-order valence-electron chi connectivity index (χ2n) is 7.07. The SMILES string of the molecule is CC(=O)c1ccccc1NC(=O)[C@@H](C)Sc1nnc(C2CC2)n1C1CC1. The topological polar surface area (TPSA) is 76.9 Å². The molecule has 136 valence electrons. The number of aromatic nitrogens is 3.